The number of amides is 1. The molecule has 0 bridgehead atoms. The lowest BCUT2D eigenvalue weighted by Crippen LogP contribution is -2.44. The van der Waals surface area contributed by atoms with Crippen LogP contribution in [0.3, 0.4) is 0 Å². The standard InChI is InChI=1S/C12H24N2OS/c1-5-7-11-13-10(4)12(15)14(11)9(3)8-16-6-2/h9-11,13H,5-8H2,1-4H3. The van der Waals surface area contributed by atoms with E-state index in [1.807, 2.05) is 18.7 Å². The quantitative estimate of drug-likeness (QED) is 0.776. The molecule has 0 radical (unpaired) electrons. The monoisotopic (exact) mass is 244 g/mol. The molecule has 0 aromatic heterocycles. The first-order valence-electron chi connectivity index (χ1n) is 6.27. The van der Waals surface area contributed by atoms with Crippen LogP contribution in [0.5, 0.6) is 0 Å². The average Bonchev–Trinajstić information content (AvgIpc) is 2.52. The summed E-state index contributed by atoms with van der Waals surface area (Å²) in [4.78, 5) is 14.1. The van der Waals surface area contributed by atoms with Gasteiger partial charge in [0.1, 0.15) is 0 Å². The zero-order chi connectivity index (χ0) is 12.1. The maximum atomic E-state index is 12.0. The Bertz CT molecular complexity index is 235. The summed E-state index contributed by atoms with van der Waals surface area (Å²) in [7, 11) is 0. The van der Waals surface area contributed by atoms with E-state index in [1.54, 1.807) is 0 Å². The number of carbonyl (C=O) groups is 1. The average molecular weight is 244 g/mol. The highest BCUT2D eigenvalue weighted by Gasteiger charge is 2.37. The molecule has 1 heterocycles. The van der Waals surface area contributed by atoms with Gasteiger partial charge in [0.25, 0.3) is 0 Å². The molecular weight excluding hydrogens is 220 g/mol. The molecule has 0 aromatic carbocycles. The van der Waals surface area contributed by atoms with Gasteiger partial charge in [-0.25, -0.2) is 0 Å². The number of nitrogens with one attached hydrogen (secondary N) is 1. The van der Waals surface area contributed by atoms with Crippen LogP contribution in [0.4, 0.5) is 0 Å². The summed E-state index contributed by atoms with van der Waals surface area (Å²) in [6, 6.07) is 0.331. The Morgan fingerprint density at radius 3 is 2.75 bits per heavy atom. The molecule has 1 saturated heterocycles. The number of nitrogens with zero attached hydrogens (tertiary/aromatic N) is 1. The number of carbonyl (C=O) groups excluding carboxylic acids is 1. The van der Waals surface area contributed by atoms with Crippen molar-refractivity contribution < 1.29 is 4.79 Å². The van der Waals surface area contributed by atoms with Crippen molar-refractivity contribution in [3.05, 3.63) is 0 Å². The SMILES string of the molecule is CCCC1NC(C)C(=O)N1C(C)CSCC. The van der Waals surface area contributed by atoms with Crippen LogP contribution < -0.4 is 5.32 Å². The molecule has 0 aromatic rings. The Kier molecular flexibility index (Phi) is 5.62. The van der Waals surface area contributed by atoms with Crippen molar-refractivity contribution in [2.45, 2.75) is 58.8 Å². The van der Waals surface area contributed by atoms with Crippen LogP contribution in [0.15, 0.2) is 0 Å². The van der Waals surface area contributed by atoms with Gasteiger partial charge in [-0.15, -0.1) is 0 Å². The summed E-state index contributed by atoms with van der Waals surface area (Å²) in [5.41, 5.74) is 0. The van der Waals surface area contributed by atoms with Crippen LogP contribution in [0.2, 0.25) is 0 Å². The molecule has 1 aliphatic heterocycles. The van der Waals surface area contributed by atoms with E-state index in [4.69, 9.17) is 0 Å². The lowest BCUT2D eigenvalue weighted by molar-refractivity contribution is -0.131. The van der Waals surface area contributed by atoms with Gasteiger partial charge < -0.3 is 4.90 Å². The van der Waals surface area contributed by atoms with Gasteiger partial charge in [-0.05, 0) is 26.0 Å². The molecule has 3 atom stereocenters. The lowest BCUT2D eigenvalue weighted by Gasteiger charge is -2.30. The predicted molar refractivity (Wildman–Crippen MR) is 70.6 cm³/mol. The summed E-state index contributed by atoms with van der Waals surface area (Å²) in [5, 5.41) is 3.38. The van der Waals surface area contributed by atoms with Gasteiger partial charge >= 0.3 is 0 Å². The molecule has 0 aliphatic carbocycles. The van der Waals surface area contributed by atoms with Gasteiger partial charge in [0.05, 0.1) is 12.2 Å². The fraction of sp³-hybridized carbons (Fsp3) is 0.917. The minimum absolute atomic E-state index is 0.00868. The minimum Gasteiger partial charge on any atom is -0.322 e. The van der Waals surface area contributed by atoms with E-state index in [9.17, 15) is 4.79 Å². The summed E-state index contributed by atoms with van der Waals surface area (Å²) < 4.78 is 0. The molecule has 1 aliphatic rings. The second-order valence-corrected chi connectivity index (χ2v) is 5.77. The number of hydrogen-bond donors (Lipinski definition) is 1. The second-order valence-electron chi connectivity index (χ2n) is 4.45. The molecular formula is C12H24N2OS. The van der Waals surface area contributed by atoms with Crippen LogP contribution in [-0.4, -0.2) is 40.6 Å². The van der Waals surface area contributed by atoms with E-state index < -0.39 is 0 Å². The minimum atomic E-state index is -0.00868. The summed E-state index contributed by atoms with van der Waals surface area (Å²) >= 11 is 1.90. The molecule has 1 N–H and O–H groups in total. The first-order chi connectivity index (χ1) is 7.61. The third-order valence-corrected chi connectivity index (χ3v) is 4.13. The van der Waals surface area contributed by atoms with Crippen molar-refractivity contribution in [3.63, 3.8) is 0 Å². The molecule has 3 nitrogen and oxygen atoms in total. The van der Waals surface area contributed by atoms with Crippen molar-refractivity contribution in [2.24, 2.45) is 0 Å². The van der Waals surface area contributed by atoms with E-state index in [2.05, 4.69) is 31.0 Å². The summed E-state index contributed by atoms with van der Waals surface area (Å²) in [6.45, 7) is 8.44. The molecule has 16 heavy (non-hydrogen) atoms. The van der Waals surface area contributed by atoms with E-state index in [0.717, 1.165) is 24.3 Å². The Morgan fingerprint density at radius 2 is 2.19 bits per heavy atom. The van der Waals surface area contributed by atoms with Gasteiger partial charge in [0, 0.05) is 11.8 Å². The van der Waals surface area contributed by atoms with Crippen LogP contribution in [0, 0.1) is 0 Å². The first kappa shape index (κ1) is 13.8. The topological polar surface area (TPSA) is 32.3 Å². The smallest absolute Gasteiger partial charge is 0.240 e. The third-order valence-electron chi connectivity index (χ3n) is 3.00. The van der Waals surface area contributed by atoms with Crippen LogP contribution >= 0.6 is 11.8 Å². The highest BCUT2D eigenvalue weighted by molar-refractivity contribution is 7.99. The van der Waals surface area contributed by atoms with Gasteiger partial charge in [0.2, 0.25) is 5.91 Å². The lowest BCUT2D eigenvalue weighted by atomic mass is 10.2. The van der Waals surface area contributed by atoms with Crippen LogP contribution in [0.1, 0.15) is 40.5 Å². The summed E-state index contributed by atoms with van der Waals surface area (Å²) in [5.74, 6) is 2.42. The van der Waals surface area contributed by atoms with Crippen LogP contribution in [0.25, 0.3) is 0 Å². The van der Waals surface area contributed by atoms with E-state index in [-0.39, 0.29) is 18.1 Å². The fourth-order valence-electron chi connectivity index (χ4n) is 2.21. The van der Waals surface area contributed by atoms with Crippen molar-refractivity contribution in [3.8, 4) is 0 Å². The second kappa shape index (κ2) is 6.50. The van der Waals surface area contributed by atoms with Crippen molar-refractivity contribution >= 4 is 17.7 Å². The van der Waals surface area contributed by atoms with E-state index in [1.165, 1.54) is 0 Å². The molecule has 3 unspecified atom stereocenters. The predicted octanol–water partition coefficient (Wildman–Crippen LogP) is 2.07. The molecule has 4 heteroatoms. The maximum Gasteiger partial charge on any atom is 0.240 e. The normalized spacial score (nSPS) is 27.5. The Hall–Kier alpha value is -0.220. The fourth-order valence-corrected chi connectivity index (χ4v) is 2.94. The maximum absolute atomic E-state index is 12.0. The molecule has 1 rings (SSSR count). The van der Waals surface area contributed by atoms with Gasteiger partial charge in [-0.3, -0.25) is 10.1 Å². The van der Waals surface area contributed by atoms with Gasteiger partial charge in [0.15, 0.2) is 0 Å². The van der Waals surface area contributed by atoms with Gasteiger partial charge in [-0.2, -0.15) is 11.8 Å². The zero-order valence-electron chi connectivity index (χ0n) is 10.8. The summed E-state index contributed by atoms with van der Waals surface area (Å²) in [6.07, 6.45) is 2.42. The van der Waals surface area contributed by atoms with Crippen molar-refractivity contribution in [1.29, 1.82) is 0 Å². The Labute approximate surface area is 103 Å². The molecule has 94 valence electrons. The Morgan fingerprint density at radius 1 is 1.50 bits per heavy atom. The number of rotatable bonds is 6. The molecule has 0 saturated carbocycles. The highest BCUT2D eigenvalue weighted by atomic mass is 32.2. The van der Waals surface area contributed by atoms with E-state index in [0.29, 0.717) is 6.04 Å². The Balaban J connectivity index is 2.61. The number of hydrogen-bond acceptors (Lipinski definition) is 3. The molecule has 1 amide bonds. The van der Waals surface area contributed by atoms with Crippen molar-refractivity contribution in [1.82, 2.24) is 10.2 Å². The van der Waals surface area contributed by atoms with E-state index >= 15 is 0 Å². The first-order valence-corrected chi connectivity index (χ1v) is 7.43. The van der Waals surface area contributed by atoms with Gasteiger partial charge in [-0.1, -0.05) is 20.3 Å². The molecule has 1 fully saturated rings. The highest BCUT2D eigenvalue weighted by Crippen LogP contribution is 2.20. The molecule has 0 spiro atoms. The third kappa shape index (κ3) is 3.14. The number of thioether (sulfide) groups is 1. The largest absolute Gasteiger partial charge is 0.322 e. The zero-order valence-corrected chi connectivity index (χ0v) is 11.6. The van der Waals surface area contributed by atoms with Crippen molar-refractivity contribution in [2.75, 3.05) is 11.5 Å². The van der Waals surface area contributed by atoms with Crippen LogP contribution in [-0.2, 0) is 4.79 Å².